The number of rotatable bonds is 10. The minimum absolute atomic E-state index is 0.219. The van der Waals surface area contributed by atoms with Gasteiger partial charge in [0.25, 0.3) is 5.91 Å². The molecule has 0 fully saturated rings. The maximum Gasteiger partial charge on any atom is 0.255 e. The zero-order valence-electron chi connectivity index (χ0n) is 21.6. The molecule has 2 heterocycles. The van der Waals surface area contributed by atoms with Gasteiger partial charge >= 0.3 is 0 Å². The van der Waals surface area contributed by atoms with Gasteiger partial charge in [-0.25, -0.2) is 0 Å². The van der Waals surface area contributed by atoms with Gasteiger partial charge in [0.1, 0.15) is 5.75 Å². The molecule has 1 amide bonds. The van der Waals surface area contributed by atoms with Crippen molar-refractivity contribution in [2.24, 2.45) is 0 Å². The smallest absolute Gasteiger partial charge is 0.255 e. The van der Waals surface area contributed by atoms with Crippen LogP contribution in [0.1, 0.15) is 15.9 Å². The van der Waals surface area contributed by atoms with Crippen molar-refractivity contribution in [3.8, 4) is 34.5 Å². The van der Waals surface area contributed by atoms with Crippen LogP contribution in [0.3, 0.4) is 0 Å². The van der Waals surface area contributed by atoms with E-state index in [0.29, 0.717) is 45.2 Å². The Hall–Kier alpha value is -4.70. The first kappa shape index (κ1) is 25.9. The van der Waals surface area contributed by atoms with E-state index in [1.54, 1.807) is 57.9 Å². The standard InChI is InChI=1S/C29H26N4O5S/c1-35-23-13-11-22(12-14-23)33-27(25-5-4-16-38-25)31-32-29(33)39-18-19-6-8-20(9-7-19)28(34)30-21-10-15-24(36-2)26(17-21)37-3/h4-17H,18H2,1-3H3,(H,30,34). The number of thioether (sulfide) groups is 1. The van der Waals surface area contributed by atoms with E-state index in [-0.39, 0.29) is 5.91 Å². The number of furan rings is 1. The summed E-state index contributed by atoms with van der Waals surface area (Å²) in [7, 11) is 4.75. The molecule has 0 aliphatic rings. The van der Waals surface area contributed by atoms with Crippen LogP contribution in [0.4, 0.5) is 5.69 Å². The van der Waals surface area contributed by atoms with Gasteiger partial charge in [-0.15, -0.1) is 10.2 Å². The highest BCUT2D eigenvalue weighted by Crippen LogP contribution is 2.32. The highest BCUT2D eigenvalue weighted by molar-refractivity contribution is 7.98. The van der Waals surface area contributed by atoms with Gasteiger partial charge in [-0.3, -0.25) is 9.36 Å². The number of anilines is 1. The first-order valence-corrected chi connectivity index (χ1v) is 13.0. The number of methoxy groups -OCH3 is 3. The Morgan fingerprint density at radius 1 is 0.897 bits per heavy atom. The van der Waals surface area contributed by atoms with E-state index < -0.39 is 0 Å². The number of nitrogens with one attached hydrogen (secondary N) is 1. The van der Waals surface area contributed by atoms with Crippen LogP contribution in [-0.2, 0) is 5.75 Å². The van der Waals surface area contributed by atoms with Crippen molar-refractivity contribution in [1.82, 2.24) is 14.8 Å². The molecule has 0 unspecified atom stereocenters. The number of amides is 1. The predicted molar refractivity (Wildman–Crippen MR) is 149 cm³/mol. The Bertz CT molecular complexity index is 1550. The number of hydrogen-bond acceptors (Lipinski definition) is 8. The molecule has 3 aromatic carbocycles. The van der Waals surface area contributed by atoms with Crippen molar-refractivity contribution in [2.45, 2.75) is 10.9 Å². The monoisotopic (exact) mass is 542 g/mol. The van der Waals surface area contributed by atoms with Gasteiger partial charge in [0.15, 0.2) is 22.4 Å². The number of carbonyl (C=O) groups is 1. The maximum absolute atomic E-state index is 12.8. The largest absolute Gasteiger partial charge is 0.497 e. The van der Waals surface area contributed by atoms with Crippen molar-refractivity contribution in [3.63, 3.8) is 0 Å². The van der Waals surface area contributed by atoms with Crippen LogP contribution in [0.25, 0.3) is 17.3 Å². The fourth-order valence-corrected chi connectivity index (χ4v) is 4.82. The maximum atomic E-state index is 12.8. The molecule has 39 heavy (non-hydrogen) atoms. The van der Waals surface area contributed by atoms with Crippen molar-refractivity contribution in [2.75, 3.05) is 26.6 Å². The lowest BCUT2D eigenvalue weighted by atomic mass is 10.1. The summed E-state index contributed by atoms with van der Waals surface area (Å²) in [5.74, 6) is 3.53. The van der Waals surface area contributed by atoms with E-state index in [2.05, 4.69) is 15.5 Å². The number of hydrogen-bond donors (Lipinski definition) is 1. The van der Waals surface area contributed by atoms with E-state index in [1.807, 2.05) is 53.1 Å². The van der Waals surface area contributed by atoms with Crippen LogP contribution >= 0.6 is 11.8 Å². The predicted octanol–water partition coefficient (Wildman–Crippen LogP) is 6.10. The summed E-state index contributed by atoms with van der Waals surface area (Å²) in [5.41, 5.74) is 3.07. The molecule has 0 bridgehead atoms. The number of ether oxygens (including phenoxy) is 3. The van der Waals surface area contributed by atoms with E-state index >= 15 is 0 Å². The van der Waals surface area contributed by atoms with Crippen LogP contribution in [-0.4, -0.2) is 42.0 Å². The second kappa shape index (κ2) is 11.8. The van der Waals surface area contributed by atoms with Crippen molar-refractivity contribution < 1.29 is 23.4 Å². The Balaban J connectivity index is 1.30. The van der Waals surface area contributed by atoms with Crippen LogP contribution in [0, 0.1) is 0 Å². The van der Waals surface area contributed by atoms with Gasteiger partial charge in [0.2, 0.25) is 5.82 Å². The number of carbonyl (C=O) groups excluding carboxylic acids is 1. The first-order valence-electron chi connectivity index (χ1n) is 12.0. The zero-order valence-corrected chi connectivity index (χ0v) is 22.4. The summed E-state index contributed by atoms with van der Waals surface area (Å²) in [6.07, 6.45) is 1.61. The molecular formula is C29H26N4O5S. The van der Waals surface area contributed by atoms with E-state index in [9.17, 15) is 4.79 Å². The molecular weight excluding hydrogens is 516 g/mol. The normalized spacial score (nSPS) is 10.7. The van der Waals surface area contributed by atoms with Crippen LogP contribution in [0.2, 0.25) is 0 Å². The van der Waals surface area contributed by atoms with Gasteiger partial charge < -0.3 is 23.9 Å². The summed E-state index contributed by atoms with van der Waals surface area (Å²) in [6.45, 7) is 0. The molecule has 5 aromatic rings. The van der Waals surface area contributed by atoms with Crippen molar-refractivity contribution in [1.29, 1.82) is 0 Å². The molecule has 0 saturated carbocycles. The lowest BCUT2D eigenvalue weighted by Gasteiger charge is -2.11. The fourth-order valence-electron chi connectivity index (χ4n) is 3.91. The summed E-state index contributed by atoms with van der Waals surface area (Å²) in [5, 5.41) is 12.4. The van der Waals surface area contributed by atoms with E-state index in [1.165, 1.54) is 11.8 Å². The van der Waals surface area contributed by atoms with Gasteiger partial charge in [0.05, 0.1) is 33.3 Å². The SMILES string of the molecule is COc1ccc(-n2c(SCc3ccc(C(=O)Nc4ccc(OC)c(OC)c4)cc3)nnc2-c2ccco2)cc1. The highest BCUT2D eigenvalue weighted by atomic mass is 32.2. The number of nitrogens with zero attached hydrogens (tertiary/aromatic N) is 3. The number of benzene rings is 3. The summed E-state index contributed by atoms with van der Waals surface area (Å²) >= 11 is 1.54. The second-order valence-corrected chi connectivity index (χ2v) is 9.27. The third kappa shape index (κ3) is 5.75. The quantitative estimate of drug-likeness (QED) is 0.211. The van der Waals surface area contributed by atoms with Gasteiger partial charge in [-0.05, 0) is 66.2 Å². The Morgan fingerprint density at radius 2 is 1.67 bits per heavy atom. The minimum Gasteiger partial charge on any atom is -0.497 e. The van der Waals surface area contributed by atoms with Crippen molar-refractivity contribution >= 4 is 23.4 Å². The molecule has 0 atom stereocenters. The summed E-state index contributed by atoms with van der Waals surface area (Å²) in [4.78, 5) is 12.8. The van der Waals surface area contributed by atoms with Crippen LogP contribution in [0.5, 0.6) is 17.2 Å². The molecule has 0 aliphatic carbocycles. The second-order valence-electron chi connectivity index (χ2n) is 8.33. The lowest BCUT2D eigenvalue weighted by Crippen LogP contribution is -2.12. The Kier molecular flexibility index (Phi) is 7.83. The number of aromatic nitrogens is 3. The third-order valence-corrected chi connectivity index (χ3v) is 6.93. The average Bonchev–Trinajstić information content (AvgIpc) is 3.66. The Labute approximate surface area is 229 Å². The fraction of sp³-hybridized carbons (Fsp3) is 0.138. The van der Waals surface area contributed by atoms with Gasteiger partial charge in [-0.1, -0.05) is 23.9 Å². The molecule has 1 N–H and O–H groups in total. The van der Waals surface area contributed by atoms with Crippen molar-refractivity contribution in [3.05, 3.63) is 96.3 Å². The van der Waals surface area contributed by atoms with Gasteiger partial charge in [0, 0.05) is 23.1 Å². The lowest BCUT2D eigenvalue weighted by molar-refractivity contribution is 0.102. The van der Waals surface area contributed by atoms with Crippen LogP contribution in [0.15, 0.2) is 94.7 Å². The summed E-state index contributed by atoms with van der Waals surface area (Å²) in [6, 6.07) is 24.0. The first-order chi connectivity index (χ1) is 19.1. The molecule has 0 spiro atoms. The van der Waals surface area contributed by atoms with E-state index in [4.69, 9.17) is 18.6 Å². The topological polar surface area (TPSA) is 101 Å². The molecule has 0 saturated heterocycles. The molecule has 10 heteroatoms. The zero-order chi connectivity index (χ0) is 27.2. The van der Waals surface area contributed by atoms with Gasteiger partial charge in [-0.2, -0.15) is 0 Å². The third-order valence-electron chi connectivity index (χ3n) is 5.93. The van der Waals surface area contributed by atoms with Crippen LogP contribution < -0.4 is 19.5 Å². The molecule has 5 rings (SSSR count). The average molecular weight is 543 g/mol. The van der Waals surface area contributed by atoms with E-state index in [0.717, 1.165) is 17.0 Å². The summed E-state index contributed by atoms with van der Waals surface area (Å²) < 4.78 is 23.4. The highest BCUT2D eigenvalue weighted by Gasteiger charge is 2.18. The molecule has 2 aromatic heterocycles. The Morgan fingerprint density at radius 3 is 2.33 bits per heavy atom. The molecule has 198 valence electrons. The molecule has 0 aliphatic heterocycles. The minimum atomic E-state index is -0.219. The molecule has 0 radical (unpaired) electrons. The molecule has 9 nitrogen and oxygen atoms in total.